The second-order valence-corrected chi connectivity index (χ2v) is 7.34. The molecule has 2 bridgehead atoms. The normalized spacial score (nSPS) is 23.2. The van der Waals surface area contributed by atoms with E-state index in [0.717, 1.165) is 0 Å². The molecule has 2 atom stereocenters. The Morgan fingerprint density at radius 3 is 2.92 bits per heavy atom. The van der Waals surface area contributed by atoms with Crippen molar-refractivity contribution in [3.05, 3.63) is 11.1 Å². The molecule has 138 valence electrons. The van der Waals surface area contributed by atoms with Gasteiger partial charge in [-0.3, -0.25) is 14.2 Å². The molecule has 0 radical (unpaired) electrons. The summed E-state index contributed by atoms with van der Waals surface area (Å²) in [5.41, 5.74) is 8.28. The summed E-state index contributed by atoms with van der Waals surface area (Å²) in [6, 6.07) is -2.20. The monoisotopic (exact) mass is 393 g/mol. The maximum absolute atomic E-state index is 12.2. The molecule has 0 aliphatic carbocycles. The van der Waals surface area contributed by atoms with E-state index < -0.39 is 34.4 Å². The molecule has 2 aliphatic heterocycles. The third-order valence-electron chi connectivity index (χ3n) is 3.76. The molecule has 4 N–H and O–H groups in total. The first kappa shape index (κ1) is 17.8. The fourth-order valence-electron chi connectivity index (χ4n) is 2.74. The minimum Gasteiger partial charge on any atom is -0.375 e. The number of fused-ring (bicyclic) bond motifs is 2. The molecule has 0 aromatic carbocycles. The molecular weight excluding hydrogens is 378 g/mol. The van der Waals surface area contributed by atoms with E-state index in [2.05, 4.69) is 14.7 Å². The lowest BCUT2D eigenvalue weighted by atomic mass is 10.0. The molecule has 2 unspecified atom stereocenters. The zero-order valence-corrected chi connectivity index (χ0v) is 14.3. The lowest BCUT2D eigenvalue weighted by Gasteiger charge is -2.28. The summed E-state index contributed by atoms with van der Waals surface area (Å²) in [6.07, 6.45) is 0.624. The molecule has 2 saturated heterocycles. The van der Waals surface area contributed by atoms with Crippen molar-refractivity contribution in [2.24, 2.45) is 0 Å². The molecule has 1 aromatic rings. The van der Waals surface area contributed by atoms with E-state index in [1.54, 1.807) is 5.38 Å². The van der Waals surface area contributed by atoms with Crippen LogP contribution in [0.3, 0.4) is 0 Å². The third kappa shape index (κ3) is 3.98. The van der Waals surface area contributed by atoms with E-state index in [0.29, 0.717) is 28.7 Å². The first-order valence-corrected chi connectivity index (χ1v) is 9.37. The highest BCUT2D eigenvalue weighted by Crippen LogP contribution is 2.30. The van der Waals surface area contributed by atoms with E-state index in [1.165, 1.54) is 16.2 Å². The minimum atomic E-state index is -4.82. The largest absolute Gasteiger partial charge is 0.418 e. The van der Waals surface area contributed by atoms with Gasteiger partial charge in [-0.1, -0.05) is 0 Å². The standard InChI is InChI=1S/C11H15N5O7S2/c12-10-13-6(5-24-10)4-22-14-9(17)8-2-1-7-3-15(8)11(18)16(7)23-25(19,20)21/h5,7-8H,1-4H2,(H2,12,13)(H,14,17)(H,19,20,21). The van der Waals surface area contributed by atoms with Crippen LogP contribution in [0.4, 0.5) is 9.93 Å². The number of hydrogen-bond donors (Lipinski definition) is 3. The maximum atomic E-state index is 12.2. The van der Waals surface area contributed by atoms with Crippen molar-refractivity contribution in [2.45, 2.75) is 31.5 Å². The molecule has 3 amide bonds. The van der Waals surface area contributed by atoms with Crippen LogP contribution in [-0.2, 0) is 30.9 Å². The summed E-state index contributed by atoms with van der Waals surface area (Å²) >= 11 is 1.24. The van der Waals surface area contributed by atoms with Crippen molar-refractivity contribution in [3.63, 3.8) is 0 Å². The number of nitrogens with zero attached hydrogens (tertiary/aromatic N) is 3. The Labute approximate surface area is 146 Å². The van der Waals surface area contributed by atoms with Gasteiger partial charge < -0.3 is 10.6 Å². The number of nitrogen functional groups attached to an aromatic ring is 1. The molecule has 2 fully saturated rings. The SMILES string of the molecule is Nc1nc(CONC(=O)C2CCC3CN2C(=O)N3OS(=O)(=O)O)cs1. The van der Waals surface area contributed by atoms with Gasteiger partial charge in [0.05, 0.1) is 11.7 Å². The second kappa shape index (κ2) is 6.72. The molecule has 0 spiro atoms. The van der Waals surface area contributed by atoms with Crippen LogP contribution in [0.15, 0.2) is 5.38 Å². The molecule has 12 nitrogen and oxygen atoms in total. The molecule has 14 heteroatoms. The van der Waals surface area contributed by atoms with E-state index in [1.807, 2.05) is 0 Å². The number of urea groups is 1. The number of thiazole rings is 1. The summed E-state index contributed by atoms with van der Waals surface area (Å²) < 4.78 is 34.7. The van der Waals surface area contributed by atoms with E-state index >= 15 is 0 Å². The van der Waals surface area contributed by atoms with Crippen LogP contribution in [0, 0.1) is 0 Å². The number of anilines is 1. The number of nitrogens with one attached hydrogen (secondary N) is 1. The van der Waals surface area contributed by atoms with Crippen LogP contribution in [0.1, 0.15) is 18.5 Å². The number of carbonyl (C=O) groups is 2. The average molecular weight is 393 g/mol. The summed E-state index contributed by atoms with van der Waals surface area (Å²) in [7, 11) is -4.82. The highest BCUT2D eigenvalue weighted by atomic mass is 32.3. The van der Waals surface area contributed by atoms with Crippen LogP contribution >= 0.6 is 11.3 Å². The van der Waals surface area contributed by atoms with Gasteiger partial charge in [-0.25, -0.2) is 15.3 Å². The number of amides is 3. The number of rotatable bonds is 6. The number of hydroxylamine groups is 3. The fourth-order valence-corrected chi connectivity index (χ4v) is 3.68. The van der Waals surface area contributed by atoms with Crippen molar-refractivity contribution in [2.75, 3.05) is 12.3 Å². The maximum Gasteiger partial charge on any atom is 0.418 e. The highest BCUT2D eigenvalue weighted by Gasteiger charge is 2.49. The summed E-state index contributed by atoms with van der Waals surface area (Å²) in [5.74, 6) is -0.552. The average Bonchev–Trinajstić information content (AvgIpc) is 3.04. The van der Waals surface area contributed by atoms with Crippen LogP contribution in [-0.4, -0.2) is 58.5 Å². The van der Waals surface area contributed by atoms with Crippen LogP contribution in [0.25, 0.3) is 0 Å². The number of hydrogen-bond acceptors (Lipinski definition) is 9. The van der Waals surface area contributed by atoms with Gasteiger partial charge >= 0.3 is 16.4 Å². The Morgan fingerprint density at radius 2 is 2.28 bits per heavy atom. The van der Waals surface area contributed by atoms with Crippen molar-refractivity contribution >= 4 is 38.8 Å². The Hall–Kier alpha value is -2.00. The van der Waals surface area contributed by atoms with Crippen LogP contribution in [0.5, 0.6) is 0 Å². The van der Waals surface area contributed by atoms with Crippen LogP contribution in [0.2, 0.25) is 0 Å². The van der Waals surface area contributed by atoms with Gasteiger partial charge in [0.25, 0.3) is 5.91 Å². The highest BCUT2D eigenvalue weighted by molar-refractivity contribution is 7.80. The molecule has 2 aliphatic rings. The smallest absolute Gasteiger partial charge is 0.375 e. The first-order chi connectivity index (χ1) is 11.7. The van der Waals surface area contributed by atoms with Crippen molar-refractivity contribution in [1.29, 1.82) is 0 Å². The molecule has 3 heterocycles. The third-order valence-corrected chi connectivity index (χ3v) is 4.83. The second-order valence-electron chi connectivity index (χ2n) is 5.44. The number of aromatic nitrogens is 1. The van der Waals surface area contributed by atoms with Gasteiger partial charge in [-0.05, 0) is 12.8 Å². The Morgan fingerprint density at radius 1 is 1.52 bits per heavy atom. The predicted molar refractivity (Wildman–Crippen MR) is 82.8 cm³/mol. The van der Waals surface area contributed by atoms with Gasteiger partial charge in [0.1, 0.15) is 12.6 Å². The quantitative estimate of drug-likeness (QED) is 0.417. The van der Waals surface area contributed by atoms with E-state index in [4.69, 9.17) is 15.1 Å². The van der Waals surface area contributed by atoms with Gasteiger partial charge in [0.15, 0.2) is 5.13 Å². The van der Waals surface area contributed by atoms with E-state index in [-0.39, 0.29) is 13.2 Å². The number of nitrogens with two attached hydrogens (primary N) is 1. The molecule has 1 aromatic heterocycles. The van der Waals surface area contributed by atoms with Crippen molar-refractivity contribution in [1.82, 2.24) is 20.4 Å². The Balaban J connectivity index is 1.56. The number of carbonyl (C=O) groups excluding carboxylic acids is 2. The topological polar surface area (TPSA) is 164 Å². The van der Waals surface area contributed by atoms with Crippen molar-refractivity contribution < 1.29 is 31.7 Å². The predicted octanol–water partition coefficient (Wildman–Crippen LogP) is -0.724. The van der Waals surface area contributed by atoms with Gasteiger partial charge in [-0.15, -0.1) is 15.6 Å². The molecular formula is C11H15N5O7S2. The molecule has 3 rings (SSSR count). The molecule has 0 saturated carbocycles. The van der Waals surface area contributed by atoms with Gasteiger partial charge in [0, 0.05) is 11.9 Å². The van der Waals surface area contributed by atoms with Crippen molar-refractivity contribution in [3.8, 4) is 0 Å². The zero-order chi connectivity index (χ0) is 18.2. The minimum absolute atomic E-state index is 0.0146. The molecule has 25 heavy (non-hydrogen) atoms. The lowest BCUT2D eigenvalue weighted by molar-refractivity contribution is -0.140. The van der Waals surface area contributed by atoms with Gasteiger partial charge in [0.2, 0.25) is 0 Å². The summed E-state index contributed by atoms with van der Waals surface area (Å²) in [6.45, 7) is 0.121. The van der Waals surface area contributed by atoms with Crippen LogP contribution < -0.4 is 11.2 Å². The zero-order valence-electron chi connectivity index (χ0n) is 12.7. The van der Waals surface area contributed by atoms with E-state index in [9.17, 15) is 18.0 Å². The number of piperidine rings is 1. The Kier molecular flexibility index (Phi) is 4.79. The Bertz CT molecular complexity index is 782. The first-order valence-electron chi connectivity index (χ1n) is 7.13. The summed E-state index contributed by atoms with van der Waals surface area (Å²) in [5, 5.41) is 2.63. The fraction of sp³-hybridized carbons (Fsp3) is 0.545. The summed E-state index contributed by atoms with van der Waals surface area (Å²) in [4.78, 5) is 34.6. The van der Waals surface area contributed by atoms with Gasteiger partial charge in [-0.2, -0.15) is 13.5 Å². The lowest BCUT2D eigenvalue weighted by Crippen LogP contribution is -2.49.